The molecule has 0 aromatic heterocycles. The molecule has 0 bridgehead atoms. The van der Waals surface area contributed by atoms with E-state index in [-0.39, 0.29) is 6.61 Å². The van der Waals surface area contributed by atoms with Crippen LogP contribution in [0.3, 0.4) is 0 Å². The van der Waals surface area contributed by atoms with E-state index in [9.17, 15) is 9.59 Å². The fourth-order valence-electron chi connectivity index (χ4n) is 1.11. The smallest absolute Gasteiger partial charge is 0.318 e. The van der Waals surface area contributed by atoms with Gasteiger partial charge in [0.15, 0.2) is 0 Å². The fraction of sp³-hybridized carbons (Fsp3) is 0.750. The summed E-state index contributed by atoms with van der Waals surface area (Å²) >= 11 is 16.6. The summed E-state index contributed by atoms with van der Waals surface area (Å²) in [5.74, 6) is -2.80. The highest BCUT2D eigenvalue weighted by Gasteiger charge is 2.45. The average molecular weight is 293 g/mol. The van der Waals surface area contributed by atoms with Gasteiger partial charge < -0.3 is 9.94 Å². The molecule has 0 aromatic rings. The zero-order valence-electron chi connectivity index (χ0n) is 8.67. The van der Waals surface area contributed by atoms with Crippen LogP contribution in [-0.4, -0.2) is 33.4 Å². The van der Waals surface area contributed by atoms with Crippen LogP contribution in [0.25, 0.3) is 0 Å². The molecule has 0 saturated heterocycles. The van der Waals surface area contributed by atoms with Gasteiger partial charge in [-0.15, -0.1) is 0 Å². The predicted octanol–water partition coefficient (Wildman–Crippen LogP) is 1.47. The maximum absolute atomic E-state index is 11.5. The van der Waals surface area contributed by atoms with Gasteiger partial charge in [-0.2, -0.15) is 5.48 Å². The molecular formula is C8H12Cl3NO4. The van der Waals surface area contributed by atoms with Crippen molar-refractivity contribution in [3.8, 4) is 0 Å². The van der Waals surface area contributed by atoms with Crippen molar-refractivity contribution in [2.24, 2.45) is 5.92 Å². The maximum atomic E-state index is 11.5. The Kier molecular flexibility index (Phi) is 6.58. The first-order valence-electron chi connectivity index (χ1n) is 4.39. The Morgan fingerprint density at radius 1 is 1.44 bits per heavy atom. The summed E-state index contributed by atoms with van der Waals surface area (Å²) in [5.41, 5.74) is 1.65. The summed E-state index contributed by atoms with van der Waals surface area (Å²) in [4.78, 5) is 22.7. The number of carbonyl (C=O) groups is 2. The van der Waals surface area contributed by atoms with Crippen LogP contribution >= 0.6 is 34.8 Å². The van der Waals surface area contributed by atoms with E-state index in [0.29, 0.717) is 0 Å². The zero-order valence-corrected chi connectivity index (χ0v) is 10.9. The average Bonchev–Trinajstić information content (AvgIpc) is 2.11. The number of rotatable bonds is 5. The van der Waals surface area contributed by atoms with E-state index in [0.717, 1.165) is 6.92 Å². The summed E-state index contributed by atoms with van der Waals surface area (Å²) < 4.78 is 2.64. The van der Waals surface area contributed by atoms with Gasteiger partial charge in [0.2, 0.25) is 3.79 Å². The van der Waals surface area contributed by atoms with Crippen LogP contribution in [0, 0.1) is 5.92 Å². The molecule has 0 aliphatic rings. The van der Waals surface area contributed by atoms with E-state index in [4.69, 9.17) is 40.0 Å². The molecule has 0 rings (SSSR count). The number of esters is 1. The Bertz CT molecular complexity index is 266. The summed E-state index contributed by atoms with van der Waals surface area (Å²) in [6, 6.07) is -1.37. The highest BCUT2D eigenvalue weighted by molar-refractivity contribution is 6.68. The highest BCUT2D eigenvalue weighted by atomic mass is 35.6. The Morgan fingerprint density at radius 2 is 1.94 bits per heavy atom. The lowest BCUT2D eigenvalue weighted by Gasteiger charge is -2.27. The third kappa shape index (κ3) is 4.43. The molecule has 0 unspecified atom stereocenters. The SMILES string of the molecule is CCOC(=O)[C@H](C(C)=O)[C@@H](NO)C(Cl)(Cl)Cl. The highest BCUT2D eigenvalue weighted by Crippen LogP contribution is 2.34. The van der Waals surface area contributed by atoms with Gasteiger partial charge in [-0.1, -0.05) is 34.8 Å². The van der Waals surface area contributed by atoms with Crippen LogP contribution in [0.2, 0.25) is 0 Å². The third-order valence-corrected chi connectivity index (χ3v) is 2.51. The molecule has 0 radical (unpaired) electrons. The van der Waals surface area contributed by atoms with Crippen molar-refractivity contribution in [2.75, 3.05) is 6.61 Å². The van der Waals surface area contributed by atoms with Gasteiger partial charge in [0, 0.05) is 0 Å². The molecule has 5 nitrogen and oxygen atoms in total. The first-order valence-corrected chi connectivity index (χ1v) is 5.52. The minimum Gasteiger partial charge on any atom is -0.465 e. The summed E-state index contributed by atoms with van der Waals surface area (Å²) in [6.45, 7) is 2.80. The number of hydrogen-bond donors (Lipinski definition) is 2. The first kappa shape index (κ1) is 15.9. The van der Waals surface area contributed by atoms with Crippen LogP contribution < -0.4 is 5.48 Å². The monoisotopic (exact) mass is 291 g/mol. The molecule has 0 spiro atoms. The quantitative estimate of drug-likeness (QED) is 0.347. The molecule has 0 fully saturated rings. The predicted molar refractivity (Wildman–Crippen MR) is 59.8 cm³/mol. The molecule has 94 valence electrons. The molecule has 16 heavy (non-hydrogen) atoms. The van der Waals surface area contributed by atoms with Crippen molar-refractivity contribution in [3.63, 3.8) is 0 Å². The number of carbonyl (C=O) groups excluding carboxylic acids is 2. The Balaban J connectivity index is 5.02. The normalized spacial score (nSPS) is 15.4. The molecular weight excluding hydrogens is 280 g/mol. The molecule has 0 amide bonds. The van der Waals surface area contributed by atoms with E-state index in [1.165, 1.54) is 0 Å². The van der Waals surface area contributed by atoms with Crippen LogP contribution in [-0.2, 0) is 14.3 Å². The zero-order chi connectivity index (χ0) is 12.9. The largest absolute Gasteiger partial charge is 0.465 e. The van der Waals surface area contributed by atoms with E-state index < -0.39 is 27.5 Å². The fourth-order valence-corrected chi connectivity index (χ4v) is 1.63. The minimum atomic E-state index is -2.02. The van der Waals surface area contributed by atoms with Crippen LogP contribution in [0.5, 0.6) is 0 Å². The van der Waals surface area contributed by atoms with Crippen molar-refractivity contribution in [2.45, 2.75) is 23.7 Å². The maximum Gasteiger partial charge on any atom is 0.318 e. The number of hydroxylamine groups is 1. The first-order chi connectivity index (χ1) is 7.25. The van der Waals surface area contributed by atoms with Crippen molar-refractivity contribution < 1.29 is 19.5 Å². The van der Waals surface area contributed by atoms with Gasteiger partial charge in [0.1, 0.15) is 11.7 Å². The number of ketones is 1. The molecule has 2 N–H and O–H groups in total. The topological polar surface area (TPSA) is 75.6 Å². The molecule has 0 aliphatic carbocycles. The van der Waals surface area contributed by atoms with Crippen LogP contribution in [0.4, 0.5) is 0 Å². The summed E-state index contributed by atoms with van der Waals surface area (Å²) in [6.07, 6.45) is 0. The van der Waals surface area contributed by atoms with Gasteiger partial charge in [-0.25, -0.2) is 0 Å². The van der Waals surface area contributed by atoms with Gasteiger partial charge in [-0.05, 0) is 13.8 Å². The number of halogens is 3. The number of alkyl halides is 3. The lowest BCUT2D eigenvalue weighted by Crippen LogP contribution is -2.50. The van der Waals surface area contributed by atoms with E-state index in [1.807, 2.05) is 0 Å². The van der Waals surface area contributed by atoms with Gasteiger partial charge >= 0.3 is 5.97 Å². The lowest BCUT2D eigenvalue weighted by molar-refractivity contribution is -0.153. The summed E-state index contributed by atoms with van der Waals surface area (Å²) in [7, 11) is 0. The van der Waals surface area contributed by atoms with E-state index in [1.54, 1.807) is 12.4 Å². The standard InChI is InChI=1S/C8H12Cl3NO4/c1-3-16-7(14)5(4(2)13)6(12-15)8(9,10)11/h5-6,12,15H,3H2,1-2H3/t5-,6-/m1/s1. The molecule has 0 aromatic carbocycles. The second kappa shape index (κ2) is 6.61. The molecule has 0 aliphatic heterocycles. The van der Waals surface area contributed by atoms with Crippen molar-refractivity contribution in [1.82, 2.24) is 5.48 Å². The van der Waals surface area contributed by atoms with Crippen molar-refractivity contribution in [3.05, 3.63) is 0 Å². The van der Waals surface area contributed by atoms with Gasteiger partial charge in [0.05, 0.1) is 12.6 Å². The van der Waals surface area contributed by atoms with Crippen LogP contribution in [0.15, 0.2) is 0 Å². The van der Waals surface area contributed by atoms with Crippen LogP contribution in [0.1, 0.15) is 13.8 Å². The third-order valence-electron chi connectivity index (χ3n) is 1.80. The lowest BCUT2D eigenvalue weighted by atomic mass is 9.97. The molecule has 0 saturated carbocycles. The van der Waals surface area contributed by atoms with Crippen molar-refractivity contribution in [1.29, 1.82) is 0 Å². The molecule has 8 heteroatoms. The molecule has 2 atom stereocenters. The number of nitrogens with one attached hydrogen (secondary N) is 1. The van der Waals surface area contributed by atoms with Crippen molar-refractivity contribution >= 4 is 46.6 Å². The Morgan fingerprint density at radius 3 is 2.19 bits per heavy atom. The van der Waals surface area contributed by atoms with Gasteiger partial charge in [0.25, 0.3) is 0 Å². The van der Waals surface area contributed by atoms with E-state index >= 15 is 0 Å². The summed E-state index contributed by atoms with van der Waals surface area (Å²) in [5, 5.41) is 8.83. The Hall–Kier alpha value is -0.0700. The molecule has 0 heterocycles. The second-order valence-electron chi connectivity index (χ2n) is 2.99. The second-order valence-corrected chi connectivity index (χ2v) is 5.36. The van der Waals surface area contributed by atoms with E-state index in [2.05, 4.69) is 4.74 Å². The Labute approximate surface area is 108 Å². The number of hydrogen-bond acceptors (Lipinski definition) is 5. The number of ether oxygens (including phenoxy) is 1. The minimum absolute atomic E-state index is 0.0839. The number of Topliss-reactive ketones (excluding diaryl/α,β-unsaturated/α-hetero) is 1. The van der Waals surface area contributed by atoms with Gasteiger partial charge in [-0.3, -0.25) is 9.59 Å².